The van der Waals surface area contributed by atoms with Crippen molar-refractivity contribution in [1.82, 2.24) is 0 Å². The highest BCUT2D eigenvalue weighted by Crippen LogP contribution is 2.16. The van der Waals surface area contributed by atoms with Gasteiger partial charge in [0, 0.05) is 13.2 Å². The summed E-state index contributed by atoms with van der Waals surface area (Å²) in [6.07, 6.45) is 0.0783. The first kappa shape index (κ1) is 16.1. The van der Waals surface area contributed by atoms with Crippen molar-refractivity contribution in [3.05, 3.63) is 29.8 Å². The van der Waals surface area contributed by atoms with Gasteiger partial charge in [0.15, 0.2) is 0 Å². The number of ether oxygens (including phenoxy) is 1. The molecule has 0 aliphatic rings. The van der Waals surface area contributed by atoms with Crippen LogP contribution in [0.1, 0.15) is 18.9 Å². The number of nitrogens with two attached hydrogens (primary N) is 1. The highest BCUT2D eigenvalue weighted by molar-refractivity contribution is 7.86. The highest BCUT2D eigenvalue weighted by Gasteiger charge is 2.18. The SMILES string of the molecule is Cc1ccc(S(=O)(=O)OC(C)CCOCCN)cc1. The highest BCUT2D eigenvalue weighted by atomic mass is 32.2. The van der Waals surface area contributed by atoms with E-state index in [2.05, 4.69) is 0 Å². The maximum atomic E-state index is 12.0. The molecule has 5 nitrogen and oxygen atoms in total. The lowest BCUT2D eigenvalue weighted by Gasteiger charge is -2.13. The Bertz CT molecular complexity index is 470. The Morgan fingerprint density at radius 3 is 2.42 bits per heavy atom. The number of benzene rings is 1. The molecule has 0 spiro atoms. The standard InChI is InChI=1S/C13H21NO4S/c1-11-3-5-13(6-4-11)19(15,16)18-12(2)7-9-17-10-8-14/h3-6,12H,7-10,14H2,1-2H3. The maximum Gasteiger partial charge on any atom is 0.297 e. The van der Waals surface area contributed by atoms with Crippen LogP contribution in [0.3, 0.4) is 0 Å². The molecular formula is C13H21NO4S. The van der Waals surface area contributed by atoms with Gasteiger partial charge in [-0.05, 0) is 32.4 Å². The minimum Gasteiger partial charge on any atom is -0.380 e. The third kappa shape index (κ3) is 5.69. The van der Waals surface area contributed by atoms with Crippen molar-refractivity contribution in [3.8, 4) is 0 Å². The molecule has 108 valence electrons. The summed E-state index contributed by atoms with van der Waals surface area (Å²) in [5.41, 5.74) is 6.29. The Balaban J connectivity index is 2.52. The monoisotopic (exact) mass is 287 g/mol. The van der Waals surface area contributed by atoms with Crippen LogP contribution in [0.25, 0.3) is 0 Å². The molecule has 0 radical (unpaired) electrons. The molecule has 1 unspecified atom stereocenters. The van der Waals surface area contributed by atoms with Crippen LogP contribution in [0, 0.1) is 6.92 Å². The zero-order valence-electron chi connectivity index (χ0n) is 11.3. The summed E-state index contributed by atoms with van der Waals surface area (Å²) in [7, 11) is -3.70. The van der Waals surface area contributed by atoms with Gasteiger partial charge < -0.3 is 10.5 Å². The summed E-state index contributed by atoms with van der Waals surface area (Å²) in [6.45, 7) is 4.96. The van der Waals surface area contributed by atoms with E-state index < -0.39 is 16.2 Å². The molecule has 0 bridgehead atoms. The third-order valence-corrected chi connectivity index (χ3v) is 3.96. The van der Waals surface area contributed by atoms with E-state index in [-0.39, 0.29) is 4.90 Å². The van der Waals surface area contributed by atoms with Gasteiger partial charge in [0.05, 0.1) is 17.6 Å². The molecule has 19 heavy (non-hydrogen) atoms. The Morgan fingerprint density at radius 1 is 1.21 bits per heavy atom. The zero-order chi connectivity index (χ0) is 14.3. The van der Waals surface area contributed by atoms with E-state index in [1.807, 2.05) is 6.92 Å². The van der Waals surface area contributed by atoms with E-state index in [9.17, 15) is 8.42 Å². The van der Waals surface area contributed by atoms with Crippen molar-refractivity contribution in [2.45, 2.75) is 31.3 Å². The number of hydrogen-bond donors (Lipinski definition) is 1. The van der Waals surface area contributed by atoms with Gasteiger partial charge in [0.2, 0.25) is 0 Å². The van der Waals surface area contributed by atoms with Crippen LogP contribution in [-0.4, -0.2) is 34.3 Å². The Hall–Kier alpha value is -0.950. The Kier molecular flexibility index (Phi) is 6.44. The quantitative estimate of drug-likeness (QED) is 0.578. The second-order valence-electron chi connectivity index (χ2n) is 4.36. The number of aryl methyl sites for hydroxylation is 1. The molecule has 1 atom stereocenters. The van der Waals surface area contributed by atoms with Gasteiger partial charge in [0.1, 0.15) is 0 Å². The van der Waals surface area contributed by atoms with Crippen LogP contribution in [0.4, 0.5) is 0 Å². The van der Waals surface area contributed by atoms with E-state index in [1.165, 1.54) is 0 Å². The average molecular weight is 287 g/mol. The minimum atomic E-state index is -3.70. The van der Waals surface area contributed by atoms with Crippen LogP contribution in [0.2, 0.25) is 0 Å². The molecular weight excluding hydrogens is 266 g/mol. The van der Waals surface area contributed by atoms with E-state index in [0.717, 1.165) is 5.56 Å². The minimum absolute atomic E-state index is 0.174. The second kappa shape index (κ2) is 7.59. The molecule has 1 rings (SSSR count). The molecule has 1 aromatic carbocycles. The van der Waals surface area contributed by atoms with Crippen molar-refractivity contribution in [2.75, 3.05) is 19.8 Å². The van der Waals surface area contributed by atoms with E-state index >= 15 is 0 Å². The summed E-state index contributed by atoms with van der Waals surface area (Å²) in [6, 6.07) is 6.57. The Morgan fingerprint density at radius 2 is 1.84 bits per heavy atom. The lowest BCUT2D eigenvalue weighted by Crippen LogP contribution is -2.18. The van der Waals surface area contributed by atoms with Gasteiger partial charge in [-0.1, -0.05) is 17.7 Å². The van der Waals surface area contributed by atoms with Gasteiger partial charge in [-0.2, -0.15) is 8.42 Å². The van der Waals surface area contributed by atoms with E-state index in [1.54, 1.807) is 31.2 Å². The first-order valence-corrected chi connectivity index (χ1v) is 7.64. The lowest BCUT2D eigenvalue weighted by molar-refractivity contribution is 0.105. The van der Waals surface area contributed by atoms with Gasteiger partial charge in [-0.25, -0.2) is 0 Å². The molecule has 0 aliphatic carbocycles. The average Bonchev–Trinajstić information content (AvgIpc) is 2.34. The van der Waals surface area contributed by atoms with Crippen LogP contribution in [0.15, 0.2) is 29.2 Å². The summed E-state index contributed by atoms with van der Waals surface area (Å²) in [5, 5.41) is 0. The normalized spacial score (nSPS) is 13.4. The summed E-state index contributed by atoms with van der Waals surface area (Å²) >= 11 is 0. The third-order valence-electron chi connectivity index (χ3n) is 2.53. The summed E-state index contributed by atoms with van der Waals surface area (Å²) < 4.78 is 34.2. The fourth-order valence-electron chi connectivity index (χ4n) is 1.46. The molecule has 0 amide bonds. The van der Waals surface area contributed by atoms with Crippen molar-refractivity contribution in [2.24, 2.45) is 5.73 Å². The van der Waals surface area contributed by atoms with Gasteiger partial charge in [0.25, 0.3) is 10.1 Å². The first-order valence-electron chi connectivity index (χ1n) is 6.23. The van der Waals surface area contributed by atoms with Crippen molar-refractivity contribution < 1.29 is 17.3 Å². The Labute approximate surface area is 114 Å². The van der Waals surface area contributed by atoms with Crippen LogP contribution >= 0.6 is 0 Å². The fraction of sp³-hybridized carbons (Fsp3) is 0.538. The van der Waals surface area contributed by atoms with Crippen LogP contribution in [0.5, 0.6) is 0 Å². The van der Waals surface area contributed by atoms with Gasteiger partial charge in [-0.15, -0.1) is 0 Å². The molecule has 0 aromatic heterocycles. The number of rotatable bonds is 8. The molecule has 0 aliphatic heterocycles. The van der Waals surface area contributed by atoms with Crippen LogP contribution in [-0.2, 0) is 19.0 Å². The summed E-state index contributed by atoms with van der Waals surface area (Å²) in [5.74, 6) is 0. The largest absolute Gasteiger partial charge is 0.380 e. The van der Waals surface area contributed by atoms with Crippen molar-refractivity contribution in [3.63, 3.8) is 0 Å². The fourth-order valence-corrected chi connectivity index (χ4v) is 2.57. The number of hydrogen-bond acceptors (Lipinski definition) is 5. The molecule has 0 fully saturated rings. The molecule has 0 saturated carbocycles. The van der Waals surface area contributed by atoms with Crippen molar-refractivity contribution >= 4 is 10.1 Å². The summed E-state index contributed by atoms with van der Waals surface area (Å²) in [4.78, 5) is 0.174. The van der Waals surface area contributed by atoms with Crippen LogP contribution < -0.4 is 5.73 Å². The smallest absolute Gasteiger partial charge is 0.297 e. The molecule has 2 N–H and O–H groups in total. The molecule has 0 saturated heterocycles. The first-order chi connectivity index (χ1) is 8.95. The topological polar surface area (TPSA) is 78.6 Å². The maximum absolute atomic E-state index is 12.0. The van der Waals surface area contributed by atoms with Gasteiger partial charge in [-0.3, -0.25) is 4.18 Å². The van der Waals surface area contributed by atoms with Crippen molar-refractivity contribution in [1.29, 1.82) is 0 Å². The lowest BCUT2D eigenvalue weighted by atomic mass is 10.2. The molecule has 1 aromatic rings. The van der Waals surface area contributed by atoms with E-state index in [4.69, 9.17) is 14.7 Å². The zero-order valence-corrected chi connectivity index (χ0v) is 12.2. The van der Waals surface area contributed by atoms with E-state index in [0.29, 0.717) is 26.2 Å². The molecule has 0 heterocycles. The molecule has 6 heteroatoms. The predicted molar refractivity (Wildman–Crippen MR) is 73.4 cm³/mol. The van der Waals surface area contributed by atoms with Gasteiger partial charge >= 0.3 is 0 Å². The predicted octanol–water partition coefficient (Wildman–Crippen LogP) is 1.45. The second-order valence-corrected chi connectivity index (χ2v) is 5.94.